The highest BCUT2D eigenvalue weighted by molar-refractivity contribution is 5.80. The molecule has 0 aliphatic rings. The molecule has 0 atom stereocenters. The van der Waals surface area contributed by atoms with E-state index in [0.717, 1.165) is 16.9 Å². The van der Waals surface area contributed by atoms with Crippen LogP contribution in [-0.4, -0.2) is 7.11 Å². The summed E-state index contributed by atoms with van der Waals surface area (Å²) < 4.78 is 18.2. The first-order valence-corrected chi connectivity index (χ1v) is 4.91. The molecular weight excluding hydrogens is 205 g/mol. The summed E-state index contributed by atoms with van der Waals surface area (Å²) in [4.78, 5) is 0. The first-order chi connectivity index (χ1) is 7.72. The normalized spacial score (nSPS) is 10.1. The molecule has 0 unspecified atom stereocenters. The van der Waals surface area contributed by atoms with Crippen LogP contribution in [0.3, 0.4) is 0 Å². The zero-order valence-electron chi connectivity index (χ0n) is 8.91. The summed E-state index contributed by atoms with van der Waals surface area (Å²) in [6.07, 6.45) is 0. The minimum atomic E-state index is -0.337. The maximum absolute atomic E-state index is 12.9. The van der Waals surface area contributed by atoms with Crippen molar-refractivity contribution < 1.29 is 9.13 Å². The van der Waals surface area contributed by atoms with E-state index in [-0.39, 0.29) is 5.82 Å². The van der Waals surface area contributed by atoms with Gasteiger partial charge in [0, 0.05) is 16.8 Å². The van der Waals surface area contributed by atoms with E-state index in [4.69, 9.17) is 10.5 Å². The van der Waals surface area contributed by atoms with Crippen LogP contribution in [0.1, 0.15) is 0 Å². The van der Waals surface area contributed by atoms with Gasteiger partial charge in [0.1, 0.15) is 11.6 Å². The van der Waals surface area contributed by atoms with Gasteiger partial charge in [-0.05, 0) is 24.3 Å². The van der Waals surface area contributed by atoms with Crippen molar-refractivity contribution >= 4 is 5.69 Å². The van der Waals surface area contributed by atoms with Crippen LogP contribution in [0.2, 0.25) is 0 Å². The van der Waals surface area contributed by atoms with Gasteiger partial charge in [-0.1, -0.05) is 18.2 Å². The predicted octanol–water partition coefficient (Wildman–Crippen LogP) is 3.08. The first-order valence-electron chi connectivity index (χ1n) is 4.91. The van der Waals surface area contributed by atoms with Gasteiger partial charge in [-0.3, -0.25) is 0 Å². The highest BCUT2D eigenvalue weighted by Gasteiger charge is 2.08. The number of hydrogen-bond acceptors (Lipinski definition) is 2. The van der Waals surface area contributed by atoms with Crippen LogP contribution in [0.4, 0.5) is 10.1 Å². The lowest BCUT2D eigenvalue weighted by Crippen LogP contribution is -1.93. The zero-order valence-corrected chi connectivity index (χ0v) is 8.91. The molecule has 3 heteroatoms. The molecule has 0 saturated heterocycles. The van der Waals surface area contributed by atoms with Crippen LogP contribution in [0.15, 0.2) is 42.5 Å². The minimum Gasteiger partial charge on any atom is -0.496 e. The quantitative estimate of drug-likeness (QED) is 0.784. The van der Waals surface area contributed by atoms with E-state index in [1.807, 2.05) is 24.3 Å². The van der Waals surface area contributed by atoms with Crippen LogP contribution in [0, 0.1) is 5.82 Å². The maximum Gasteiger partial charge on any atom is 0.126 e. The van der Waals surface area contributed by atoms with E-state index < -0.39 is 0 Å². The molecule has 0 aliphatic heterocycles. The average molecular weight is 217 g/mol. The molecule has 0 heterocycles. The molecule has 82 valence electrons. The molecular formula is C13H12FNO. The summed E-state index contributed by atoms with van der Waals surface area (Å²) in [7, 11) is 1.60. The van der Waals surface area contributed by atoms with E-state index in [0.29, 0.717) is 5.69 Å². The summed E-state index contributed by atoms with van der Waals surface area (Å²) in [5.74, 6) is 0.386. The van der Waals surface area contributed by atoms with Crippen molar-refractivity contribution in [1.29, 1.82) is 0 Å². The Balaban J connectivity index is 2.58. The van der Waals surface area contributed by atoms with Crippen molar-refractivity contribution in [2.75, 3.05) is 12.8 Å². The number of nitrogen functional groups attached to an aromatic ring is 1. The second kappa shape index (κ2) is 4.23. The molecule has 2 aromatic carbocycles. The zero-order chi connectivity index (χ0) is 11.5. The van der Waals surface area contributed by atoms with Crippen LogP contribution >= 0.6 is 0 Å². The second-order valence-electron chi connectivity index (χ2n) is 3.43. The van der Waals surface area contributed by atoms with Crippen molar-refractivity contribution in [2.45, 2.75) is 0 Å². The Hall–Kier alpha value is -2.03. The Labute approximate surface area is 93.5 Å². The predicted molar refractivity (Wildman–Crippen MR) is 62.8 cm³/mol. The Morgan fingerprint density at radius 2 is 1.81 bits per heavy atom. The molecule has 0 radical (unpaired) electrons. The molecule has 0 fully saturated rings. The van der Waals surface area contributed by atoms with Gasteiger partial charge in [0.25, 0.3) is 0 Å². The monoisotopic (exact) mass is 217 g/mol. The van der Waals surface area contributed by atoms with Gasteiger partial charge >= 0.3 is 0 Å². The lowest BCUT2D eigenvalue weighted by atomic mass is 10.0. The third kappa shape index (κ3) is 1.84. The fourth-order valence-electron chi connectivity index (χ4n) is 1.65. The Bertz CT molecular complexity index is 511. The number of benzene rings is 2. The molecule has 0 spiro atoms. The van der Waals surface area contributed by atoms with Gasteiger partial charge in [0.05, 0.1) is 7.11 Å². The average Bonchev–Trinajstić information content (AvgIpc) is 2.29. The Kier molecular flexibility index (Phi) is 2.77. The summed E-state index contributed by atoms with van der Waals surface area (Å²) in [6.45, 7) is 0. The van der Waals surface area contributed by atoms with Gasteiger partial charge < -0.3 is 10.5 Å². The number of ether oxygens (including phenoxy) is 1. The van der Waals surface area contributed by atoms with Crippen molar-refractivity contribution in [3.63, 3.8) is 0 Å². The van der Waals surface area contributed by atoms with Crippen LogP contribution in [0.25, 0.3) is 11.1 Å². The number of halogens is 1. The summed E-state index contributed by atoms with van der Waals surface area (Å²) in [6, 6.07) is 11.9. The third-order valence-electron chi connectivity index (χ3n) is 2.41. The fraction of sp³-hybridized carbons (Fsp3) is 0.0769. The summed E-state index contributed by atoms with van der Waals surface area (Å²) in [5, 5.41) is 0. The van der Waals surface area contributed by atoms with E-state index in [1.165, 1.54) is 12.1 Å². The number of rotatable bonds is 2. The molecule has 0 amide bonds. The molecule has 0 aromatic heterocycles. The molecule has 16 heavy (non-hydrogen) atoms. The first kappa shape index (κ1) is 10.5. The van der Waals surface area contributed by atoms with Crippen LogP contribution in [-0.2, 0) is 0 Å². The number of para-hydroxylation sites is 1. The van der Waals surface area contributed by atoms with Gasteiger partial charge in [0.15, 0.2) is 0 Å². The lowest BCUT2D eigenvalue weighted by Gasteiger charge is -2.10. The highest BCUT2D eigenvalue weighted by atomic mass is 19.1. The van der Waals surface area contributed by atoms with Crippen molar-refractivity contribution in [3.05, 3.63) is 48.3 Å². The fourth-order valence-corrected chi connectivity index (χ4v) is 1.65. The molecule has 0 aliphatic carbocycles. The minimum absolute atomic E-state index is 0.337. The van der Waals surface area contributed by atoms with E-state index in [1.54, 1.807) is 13.2 Å². The number of anilines is 1. The molecule has 0 bridgehead atoms. The van der Waals surface area contributed by atoms with Crippen molar-refractivity contribution in [2.24, 2.45) is 0 Å². The smallest absolute Gasteiger partial charge is 0.126 e. The van der Waals surface area contributed by atoms with Crippen LogP contribution < -0.4 is 10.5 Å². The standard InChI is InChI=1S/C13H12FNO/c1-16-13-5-3-2-4-11(13)10-7-6-9(14)8-12(10)15/h2-8H,15H2,1H3. The lowest BCUT2D eigenvalue weighted by molar-refractivity contribution is 0.416. The van der Waals surface area contributed by atoms with Gasteiger partial charge in [-0.15, -0.1) is 0 Å². The van der Waals surface area contributed by atoms with Gasteiger partial charge in [-0.2, -0.15) is 0 Å². The molecule has 2 N–H and O–H groups in total. The summed E-state index contributed by atoms with van der Waals surface area (Å²) in [5.41, 5.74) is 7.83. The van der Waals surface area contributed by atoms with Gasteiger partial charge in [0.2, 0.25) is 0 Å². The molecule has 0 saturated carbocycles. The van der Waals surface area contributed by atoms with E-state index in [2.05, 4.69) is 0 Å². The largest absolute Gasteiger partial charge is 0.496 e. The topological polar surface area (TPSA) is 35.2 Å². The summed E-state index contributed by atoms with van der Waals surface area (Å²) >= 11 is 0. The highest BCUT2D eigenvalue weighted by Crippen LogP contribution is 2.33. The molecule has 2 nitrogen and oxygen atoms in total. The van der Waals surface area contributed by atoms with Gasteiger partial charge in [-0.25, -0.2) is 4.39 Å². The van der Waals surface area contributed by atoms with Crippen LogP contribution in [0.5, 0.6) is 5.75 Å². The maximum atomic E-state index is 12.9. The Morgan fingerprint density at radius 3 is 2.50 bits per heavy atom. The van der Waals surface area contributed by atoms with Crippen molar-refractivity contribution in [1.82, 2.24) is 0 Å². The number of hydrogen-bond donors (Lipinski definition) is 1. The third-order valence-corrected chi connectivity index (χ3v) is 2.41. The Morgan fingerprint density at radius 1 is 1.06 bits per heavy atom. The second-order valence-corrected chi connectivity index (χ2v) is 3.43. The van der Waals surface area contributed by atoms with E-state index in [9.17, 15) is 4.39 Å². The molecule has 2 aromatic rings. The molecule has 2 rings (SSSR count). The van der Waals surface area contributed by atoms with Crippen molar-refractivity contribution in [3.8, 4) is 16.9 Å². The number of nitrogens with two attached hydrogens (primary N) is 1. The van der Waals surface area contributed by atoms with E-state index >= 15 is 0 Å². The number of methoxy groups -OCH3 is 1. The SMILES string of the molecule is COc1ccccc1-c1ccc(F)cc1N.